The zero-order valence-electron chi connectivity index (χ0n) is 12.0. The molecule has 104 valence electrons. The van der Waals surface area contributed by atoms with Crippen molar-refractivity contribution in [2.75, 3.05) is 0 Å². The van der Waals surface area contributed by atoms with Crippen molar-refractivity contribution in [2.24, 2.45) is 29.4 Å². The zero-order chi connectivity index (χ0) is 13.3. The van der Waals surface area contributed by atoms with E-state index in [0.29, 0.717) is 17.9 Å². The molecule has 0 aliphatic heterocycles. The number of carbonyl (C=O) groups excluding carboxylic acids is 1. The minimum atomic E-state index is -0.342. The Balaban J connectivity index is 1.80. The summed E-state index contributed by atoms with van der Waals surface area (Å²) in [7, 11) is 0. The van der Waals surface area contributed by atoms with Gasteiger partial charge in [0.2, 0.25) is 5.91 Å². The monoisotopic (exact) mass is 252 g/mol. The lowest BCUT2D eigenvalue weighted by molar-refractivity contribution is -0.123. The summed E-state index contributed by atoms with van der Waals surface area (Å²) in [5.74, 6) is 3.00. The van der Waals surface area contributed by atoms with Gasteiger partial charge in [-0.05, 0) is 56.3 Å². The highest BCUT2D eigenvalue weighted by Crippen LogP contribution is 2.49. The van der Waals surface area contributed by atoms with Gasteiger partial charge in [-0.1, -0.05) is 20.3 Å². The maximum atomic E-state index is 12.0. The van der Waals surface area contributed by atoms with Gasteiger partial charge in [-0.3, -0.25) is 4.79 Å². The Labute approximate surface area is 111 Å². The van der Waals surface area contributed by atoms with Crippen LogP contribution in [-0.4, -0.2) is 18.0 Å². The predicted octanol–water partition coefficient (Wildman–Crippen LogP) is 2.30. The second-order valence-electron chi connectivity index (χ2n) is 6.87. The molecule has 0 heterocycles. The van der Waals surface area contributed by atoms with Gasteiger partial charge in [0.1, 0.15) is 0 Å². The SMILES string of the molecule is CC(C)CC(N)C(=O)NC(C)C1CC2CCC1C2. The maximum absolute atomic E-state index is 12.0. The number of hydrogen-bond donors (Lipinski definition) is 2. The van der Waals surface area contributed by atoms with Crippen LogP contribution >= 0.6 is 0 Å². The second kappa shape index (κ2) is 5.60. The lowest BCUT2D eigenvalue weighted by atomic mass is 9.84. The molecule has 0 radical (unpaired) electrons. The van der Waals surface area contributed by atoms with Crippen LogP contribution in [0.25, 0.3) is 0 Å². The number of fused-ring (bicyclic) bond motifs is 2. The lowest BCUT2D eigenvalue weighted by Gasteiger charge is -2.29. The van der Waals surface area contributed by atoms with Crippen molar-refractivity contribution in [2.45, 2.75) is 65.0 Å². The van der Waals surface area contributed by atoms with E-state index in [1.165, 1.54) is 25.7 Å². The Morgan fingerprint density at radius 2 is 2.00 bits per heavy atom. The molecule has 2 saturated carbocycles. The first kappa shape index (κ1) is 13.9. The summed E-state index contributed by atoms with van der Waals surface area (Å²) in [5, 5.41) is 3.15. The number of rotatable bonds is 5. The lowest BCUT2D eigenvalue weighted by Crippen LogP contribution is -2.48. The highest BCUT2D eigenvalue weighted by atomic mass is 16.2. The summed E-state index contributed by atoms with van der Waals surface area (Å²) in [4.78, 5) is 12.0. The van der Waals surface area contributed by atoms with Crippen molar-refractivity contribution in [3.8, 4) is 0 Å². The first-order valence-corrected chi connectivity index (χ1v) is 7.53. The average Bonchev–Trinajstić information content (AvgIpc) is 2.89. The summed E-state index contributed by atoms with van der Waals surface area (Å²) < 4.78 is 0. The summed E-state index contributed by atoms with van der Waals surface area (Å²) >= 11 is 0. The molecule has 2 aliphatic carbocycles. The van der Waals surface area contributed by atoms with E-state index in [2.05, 4.69) is 26.1 Å². The van der Waals surface area contributed by atoms with Crippen LogP contribution in [-0.2, 0) is 4.79 Å². The molecule has 5 unspecified atom stereocenters. The van der Waals surface area contributed by atoms with E-state index >= 15 is 0 Å². The Hall–Kier alpha value is -0.570. The topological polar surface area (TPSA) is 55.1 Å². The molecule has 0 saturated heterocycles. The van der Waals surface area contributed by atoms with Crippen molar-refractivity contribution in [1.82, 2.24) is 5.32 Å². The molecule has 0 spiro atoms. The maximum Gasteiger partial charge on any atom is 0.237 e. The number of nitrogens with two attached hydrogens (primary N) is 1. The fourth-order valence-corrected chi connectivity index (χ4v) is 3.96. The van der Waals surface area contributed by atoms with Gasteiger partial charge in [0, 0.05) is 6.04 Å². The van der Waals surface area contributed by atoms with E-state index in [1.807, 2.05) is 0 Å². The second-order valence-corrected chi connectivity index (χ2v) is 6.87. The number of hydrogen-bond acceptors (Lipinski definition) is 2. The van der Waals surface area contributed by atoms with Crippen LogP contribution in [0.2, 0.25) is 0 Å². The van der Waals surface area contributed by atoms with Gasteiger partial charge in [-0.25, -0.2) is 0 Å². The first-order chi connectivity index (χ1) is 8.47. The van der Waals surface area contributed by atoms with E-state index in [-0.39, 0.29) is 11.9 Å². The van der Waals surface area contributed by atoms with Crippen LogP contribution in [0, 0.1) is 23.7 Å². The van der Waals surface area contributed by atoms with Crippen LogP contribution in [0.5, 0.6) is 0 Å². The first-order valence-electron chi connectivity index (χ1n) is 7.53. The molecule has 0 aromatic carbocycles. The van der Waals surface area contributed by atoms with Gasteiger partial charge < -0.3 is 11.1 Å². The van der Waals surface area contributed by atoms with Gasteiger partial charge >= 0.3 is 0 Å². The van der Waals surface area contributed by atoms with Crippen molar-refractivity contribution < 1.29 is 4.79 Å². The third-order valence-corrected chi connectivity index (χ3v) is 4.87. The molecule has 5 atom stereocenters. The molecule has 2 bridgehead atoms. The Kier molecular flexibility index (Phi) is 4.31. The summed E-state index contributed by atoms with van der Waals surface area (Å²) in [6.45, 7) is 6.37. The molecule has 1 amide bonds. The molecule has 18 heavy (non-hydrogen) atoms. The molecular formula is C15H28N2O. The van der Waals surface area contributed by atoms with Gasteiger partial charge in [-0.15, -0.1) is 0 Å². The average molecular weight is 252 g/mol. The van der Waals surface area contributed by atoms with Crippen LogP contribution in [0.3, 0.4) is 0 Å². The summed E-state index contributed by atoms with van der Waals surface area (Å²) in [5.41, 5.74) is 5.93. The third kappa shape index (κ3) is 3.05. The van der Waals surface area contributed by atoms with Crippen LogP contribution in [0.15, 0.2) is 0 Å². The van der Waals surface area contributed by atoms with Crippen molar-refractivity contribution in [3.05, 3.63) is 0 Å². The minimum absolute atomic E-state index is 0.0407. The van der Waals surface area contributed by atoms with Crippen molar-refractivity contribution in [3.63, 3.8) is 0 Å². The summed E-state index contributed by atoms with van der Waals surface area (Å²) in [6.07, 6.45) is 6.26. The highest BCUT2D eigenvalue weighted by Gasteiger charge is 2.42. The quantitative estimate of drug-likeness (QED) is 0.789. The van der Waals surface area contributed by atoms with Gasteiger partial charge in [0.05, 0.1) is 6.04 Å². The molecule has 0 aromatic rings. The smallest absolute Gasteiger partial charge is 0.237 e. The van der Waals surface area contributed by atoms with Gasteiger partial charge in [-0.2, -0.15) is 0 Å². The van der Waals surface area contributed by atoms with E-state index in [0.717, 1.165) is 18.3 Å². The molecule has 2 fully saturated rings. The van der Waals surface area contributed by atoms with E-state index in [1.54, 1.807) is 0 Å². The molecule has 3 N–H and O–H groups in total. The number of nitrogens with one attached hydrogen (secondary N) is 1. The predicted molar refractivity (Wildman–Crippen MR) is 74.0 cm³/mol. The van der Waals surface area contributed by atoms with Crippen LogP contribution < -0.4 is 11.1 Å². The fourth-order valence-electron chi connectivity index (χ4n) is 3.96. The molecule has 2 rings (SSSR count). The third-order valence-electron chi connectivity index (χ3n) is 4.87. The molecule has 0 aromatic heterocycles. The van der Waals surface area contributed by atoms with Crippen molar-refractivity contribution in [1.29, 1.82) is 0 Å². The molecule has 3 nitrogen and oxygen atoms in total. The largest absolute Gasteiger partial charge is 0.352 e. The molecule has 2 aliphatic rings. The van der Waals surface area contributed by atoms with Gasteiger partial charge in [0.25, 0.3) is 0 Å². The number of carbonyl (C=O) groups is 1. The Morgan fingerprint density at radius 3 is 2.50 bits per heavy atom. The van der Waals surface area contributed by atoms with E-state index < -0.39 is 0 Å². The normalized spacial score (nSPS) is 33.7. The Bertz CT molecular complexity index is 303. The van der Waals surface area contributed by atoms with Crippen LogP contribution in [0.1, 0.15) is 52.9 Å². The highest BCUT2D eigenvalue weighted by molar-refractivity contribution is 5.81. The standard InChI is InChI=1S/C15H28N2O/c1-9(2)6-14(16)15(18)17-10(3)13-8-11-4-5-12(13)7-11/h9-14H,4-8,16H2,1-3H3,(H,17,18). The molecular weight excluding hydrogens is 224 g/mol. The zero-order valence-corrected chi connectivity index (χ0v) is 12.0. The van der Waals surface area contributed by atoms with Crippen molar-refractivity contribution >= 4 is 5.91 Å². The van der Waals surface area contributed by atoms with Gasteiger partial charge in [0.15, 0.2) is 0 Å². The summed E-state index contributed by atoms with van der Waals surface area (Å²) in [6, 6.07) is -0.0444. The van der Waals surface area contributed by atoms with Crippen LogP contribution in [0.4, 0.5) is 0 Å². The van der Waals surface area contributed by atoms with E-state index in [9.17, 15) is 4.79 Å². The Morgan fingerprint density at radius 1 is 1.28 bits per heavy atom. The fraction of sp³-hybridized carbons (Fsp3) is 0.933. The minimum Gasteiger partial charge on any atom is -0.352 e. The number of amides is 1. The van der Waals surface area contributed by atoms with E-state index in [4.69, 9.17) is 5.73 Å². The molecule has 3 heteroatoms.